The minimum absolute atomic E-state index is 0.269. The van der Waals surface area contributed by atoms with Crippen LogP contribution in [0, 0.1) is 15.9 Å². The van der Waals surface area contributed by atoms with Crippen LogP contribution >= 0.6 is 0 Å². The minimum atomic E-state index is -0.765. The number of para-hydroxylation sites is 1. The second-order valence-corrected chi connectivity index (χ2v) is 5.62. The molecule has 0 bridgehead atoms. The summed E-state index contributed by atoms with van der Waals surface area (Å²) in [6, 6.07) is 19.7. The first-order valence-corrected chi connectivity index (χ1v) is 8.05. The van der Waals surface area contributed by atoms with Gasteiger partial charge in [0.15, 0.2) is 6.61 Å². The average molecular weight is 366 g/mol. The third-order valence-electron chi connectivity index (χ3n) is 3.77. The summed E-state index contributed by atoms with van der Waals surface area (Å²) in [6.45, 7) is -0.369. The van der Waals surface area contributed by atoms with Crippen LogP contribution in [-0.4, -0.2) is 17.4 Å². The van der Waals surface area contributed by atoms with Crippen LogP contribution in [0.15, 0.2) is 72.8 Å². The van der Waals surface area contributed by atoms with Gasteiger partial charge < -0.3 is 10.1 Å². The quantitative estimate of drug-likeness (QED) is 0.517. The number of nitro groups is 1. The number of nitro benzene ring substituents is 1. The Morgan fingerprint density at radius 1 is 1.04 bits per heavy atom. The first kappa shape index (κ1) is 18.1. The molecule has 0 spiro atoms. The number of amides is 1. The van der Waals surface area contributed by atoms with Crippen LogP contribution in [0.3, 0.4) is 0 Å². The molecule has 136 valence electrons. The van der Waals surface area contributed by atoms with Crippen LogP contribution in [0.1, 0.15) is 0 Å². The molecular weight excluding hydrogens is 351 g/mol. The Morgan fingerprint density at radius 2 is 1.74 bits per heavy atom. The Morgan fingerprint density at radius 3 is 2.48 bits per heavy atom. The summed E-state index contributed by atoms with van der Waals surface area (Å²) >= 11 is 0. The fourth-order valence-electron chi connectivity index (χ4n) is 2.50. The molecule has 1 amide bonds. The SMILES string of the molecule is O=C(COc1ccccc1-c1ccccc1)Nc1cc([N+](=O)[O-])ccc1F. The molecule has 0 aromatic heterocycles. The lowest BCUT2D eigenvalue weighted by Crippen LogP contribution is -2.21. The molecule has 0 radical (unpaired) electrons. The highest BCUT2D eigenvalue weighted by Crippen LogP contribution is 2.29. The maximum absolute atomic E-state index is 13.8. The summed E-state index contributed by atoms with van der Waals surface area (Å²) in [5.74, 6) is -0.894. The van der Waals surface area contributed by atoms with Gasteiger partial charge in [-0.15, -0.1) is 0 Å². The predicted molar refractivity (Wildman–Crippen MR) is 99.1 cm³/mol. The molecule has 0 saturated heterocycles. The predicted octanol–water partition coefficient (Wildman–Crippen LogP) is 4.42. The number of carbonyl (C=O) groups is 1. The van der Waals surface area contributed by atoms with Crippen LogP contribution in [0.5, 0.6) is 5.75 Å². The summed E-state index contributed by atoms with van der Waals surface area (Å²) < 4.78 is 19.3. The molecule has 0 aliphatic heterocycles. The first-order chi connectivity index (χ1) is 13.0. The van der Waals surface area contributed by atoms with Gasteiger partial charge in [-0.25, -0.2) is 4.39 Å². The zero-order valence-electron chi connectivity index (χ0n) is 14.1. The van der Waals surface area contributed by atoms with Gasteiger partial charge in [0.2, 0.25) is 0 Å². The molecule has 3 rings (SSSR count). The first-order valence-electron chi connectivity index (χ1n) is 8.05. The van der Waals surface area contributed by atoms with Crippen molar-refractivity contribution in [3.63, 3.8) is 0 Å². The van der Waals surface area contributed by atoms with E-state index in [4.69, 9.17) is 4.74 Å². The monoisotopic (exact) mass is 366 g/mol. The van der Waals surface area contributed by atoms with Gasteiger partial charge in [0, 0.05) is 17.7 Å². The fraction of sp³-hybridized carbons (Fsp3) is 0.0500. The zero-order valence-corrected chi connectivity index (χ0v) is 14.1. The van der Waals surface area contributed by atoms with E-state index in [-0.39, 0.29) is 18.0 Å². The maximum Gasteiger partial charge on any atom is 0.271 e. The van der Waals surface area contributed by atoms with Crippen LogP contribution in [-0.2, 0) is 4.79 Å². The molecule has 6 nitrogen and oxygen atoms in total. The van der Waals surface area contributed by atoms with Crippen molar-refractivity contribution in [2.45, 2.75) is 0 Å². The molecular formula is C20H15FN2O4. The Bertz CT molecular complexity index is 977. The Labute approximate surface area is 154 Å². The normalized spacial score (nSPS) is 10.3. The Hall–Kier alpha value is -3.74. The summed E-state index contributed by atoms with van der Waals surface area (Å²) in [5, 5.41) is 13.1. The van der Waals surface area contributed by atoms with Gasteiger partial charge in [0.05, 0.1) is 10.6 Å². The summed E-state index contributed by atoms with van der Waals surface area (Å²) in [6.07, 6.45) is 0. The molecule has 3 aromatic rings. The largest absolute Gasteiger partial charge is 0.483 e. The van der Waals surface area contributed by atoms with Crippen molar-refractivity contribution in [3.05, 3.63) is 88.7 Å². The Balaban J connectivity index is 1.71. The number of rotatable bonds is 6. The van der Waals surface area contributed by atoms with Crippen LogP contribution in [0.25, 0.3) is 11.1 Å². The molecule has 7 heteroatoms. The van der Waals surface area contributed by atoms with Crippen molar-refractivity contribution in [2.24, 2.45) is 0 Å². The third-order valence-corrected chi connectivity index (χ3v) is 3.77. The zero-order chi connectivity index (χ0) is 19.2. The van der Waals surface area contributed by atoms with Gasteiger partial charge in [-0.1, -0.05) is 48.5 Å². The smallest absolute Gasteiger partial charge is 0.271 e. The number of anilines is 1. The van der Waals surface area contributed by atoms with Gasteiger partial charge >= 0.3 is 0 Å². The summed E-state index contributed by atoms with van der Waals surface area (Å²) in [4.78, 5) is 22.2. The molecule has 27 heavy (non-hydrogen) atoms. The number of non-ortho nitro benzene ring substituents is 1. The van der Waals surface area contributed by atoms with Crippen molar-refractivity contribution >= 4 is 17.3 Å². The number of nitrogens with zero attached hydrogens (tertiary/aromatic N) is 1. The molecule has 0 saturated carbocycles. The van der Waals surface area contributed by atoms with Gasteiger partial charge in [-0.05, 0) is 17.7 Å². The highest BCUT2D eigenvalue weighted by molar-refractivity contribution is 5.92. The number of ether oxygens (including phenoxy) is 1. The fourth-order valence-corrected chi connectivity index (χ4v) is 2.50. The standard InChI is InChI=1S/C20H15FN2O4/c21-17-11-10-15(23(25)26)12-18(17)22-20(24)13-27-19-9-5-4-8-16(19)14-6-2-1-3-7-14/h1-12H,13H2,(H,22,24). The van der Waals surface area contributed by atoms with Crippen molar-refractivity contribution in [1.29, 1.82) is 0 Å². The summed E-state index contributed by atoms with van der Waals surface area (Å²) in [5.41, 5.74) is 1.15. The third kappa shape index (κ3) is 4.46. The number of hydrogen-bond acceptors (Lipinski definition) is 4. The molecule has 3 aromatic carbocycles. The van der Waals surface area contributed by atoms with Crippen molar-refractivity contribution in [2.75, 3.05) is 11.9 Å². The van der Waals surface area contributed by atoms with Gasteiger partial charge in [-0.2, -0.15) is 0 Å². The van der Waals surface area contributed by atoms with E-state index in [1.54, 1.807) is 12.1 Å². The number of carbonyl (C=O) groups excluding carboxylic acids is 1. The molecule has 0 heterocycles. The van der Waals surface area contributed by atoms with Crippen molar-refractivity contribution < 1.29 is 18.8 Å². The molecule has 1 N–H and O–H groups in total. The van der Waals surface area contributed by atoms with E-state index in [1.807, 2.05) is 42.5 Å². The van der Waals surface area contributed by atoms with E-state index in [9.17, 15) is 19.3 Å². The number of nitrogens with one attached hydrogen (secondary N) is 1. The van der Waals surface area contributed by atoms with E-state index >= 15 is 0 Å². The topological polar surface area (TPSA) is 81.5 Å². The molecule has 0 atom stereocenters. The van der Waals surface area contributed by atoms with Crippen LogP contribution < -0.4 is 10.1 Å². The highest BCUT2D eigenvalue weighted by Gasteiger charge is 2.14. The Kier molecular flexibility index (Phi) is 5.41. The lowest BCUT2D eigenvalue weighted by atomic mass is 10.1. The lowest BCUT2D eigenvalue weighted by Gasteiger charge is -2.12. The molecule has 0 aliphatic rings. The van der Waals surface area contributed by atoms with E-state index in [0.717, 1.165) is 29.3 Å². The maximum atomic E-state index is 13.8. The van der Waals surface area contributed by atoms with Crippen molar-refractivity contribution in [3.8, 4) is 16.9 Å². The van der Waals surface area contributed by atoms with E-state index in [1.165, 1.54) is 0 Å². The second-order valence-electron chi connectivity index (χ2n) is 5.62. The lowest BCUT2D eigenvalue weighted by molar-refractivity contribution is -0.384. The molecule has 0 fully saturated rings. The second kappa shape index (κ2) is 8.09. The number of hydrogen-bond donors (Lipinski definition) is 1. The number of benzene rings is 3. The van der Waals surface area contributed by atoms with Gasteiger partial charge in [0.25, 0.3) is 11.6 Å². The average Bonchev–Trinajstić information content (AvgIpc) is 2.69. The molecule has 0 aliphatic carbocycles. The van der Waals surface area contributed by atoms with Crippen molar-refractivity contribution in [1.82, 2.24) is 0 Å². The summed E-state index contributed by atoms with van der Waals surface area (Å²) in [7, 11) is 0. The van der Waals surface area contributed by atoms with Crippen LogP contribution in [0.4, 0.5) is 15.8 Å². The highest BCUT2D eigenvalue weighted by atomic mass is 19.1. The van der Waals surface area contributed by atoms with E-state index < -0.39 is 16.6 Å². The van der Waals surface area contributed by atoms with E-state index in [2.05, 4.69) is 5.32 Å². The number of halogens is 1. The van der Waals surface area contributed by atoms with Gasteiger partial charge in [-0.3, -0.25) is 14.9 Å². The van der Waals surface area contributed by atoms with E-state index in [0.29, 0.717) is 5.75 Å². The van der Waals surface area contributed by atoms with Crippen LogP contribution in [0.2, 0.25) is 0 Å². The van der Waals surface area contributed by atoms with Gasteiger partial charge in [0.1, 0.15) is 11.6 Å². The molecule has 0 unspecified atom stereocenters. The minimum Gasteiger partial charge on any atom is -0.483 e.